The van der Waals surface area contributed by atoms with Crippen molar-refractivity contribution in [1.29, 1.82) is 0 Å². The van der Waals surface area contributed by atoms with Crippen molar-refractivity contribution in [2.45, 2.75) is 12.8 Å². The highest BCUT2D eigenvalue weighted by Crippen LogP contribution is 2.18. The summed E-state index contributed by atoms with van der Waals surface area (Å²) in [6.07, 6.45) is 0.750. The molecule has 0 unspecified atom stereocenters. The van der Waals surface area contributed by atoms with Crippen molar-refractivity contribution in [2.24, 2.45) is 0 Å². The zero-order valence-corrected chi connectivity index (χ0v) is 14.4. The van der Waals surface area contributed by atoms with Crippen LogP contribution in [0, 0.1) is 5.82 Å². The summed E-state index contributed by atoms with van der Waals surface area (Å²) < 4.78 is 29.0. The Labute approximate surface area is 146 Å². The number of carbonyl (C=O) groups is 1. The van der Waals surface area contributed by atoms with Gasteiger partial charge >= 0.3 is 0 Å². The maximum absolute atomic E-state index is 13.6. The summed E-state index contributed by atoms with van der Waals surface area (Å²) in [6, 6.07) is 11.9. The van der Waals surface area contributed by atoms with Crippen molar-refractivity contribution < 1.29 is 23.4 Å². The molecule has 2 rings (SSSR count). The zero-order valence-electron chi connectivity index (χ0n) is 14.4. The standard InChI is InChI=1S/C19H22FNO4/c1-23-15-5-7-16(8-6-15)25-12-11-21-19(22)10-4-14-3-9-18(24-2)17(20)13-14/h3,5-9,13H,4,10-12H2,1-2H3,(H,21,22). The lowest BCUT2D eigenvalue weighted by atomic mass is 10.1. The van der Waals surface area contributed by atoms with Crippen LogP contribution in [0.15, 0.2) is 42.5 Å². The Hall–Kier alpha value is -2.76. The molecule has 0 fully saturated rings. The Morgan fingerprint density at radius 1 is 1.04 bits per heavy atom. The Morgan fingerprint density at radius 3 is 2.40 bits per heavy atom. The van der Waals surface area contributed by atoms with Gasteiger partial charge in [-0.3, -0.25) is 4.79 Å². The molecule has 1 amide bonds. The van der Waals surface area contributed by atoms with Crippen LogP contribution < -0.4 is 19.5 Å². The fourth-order valence-electron chi connectivity index (χ4n) is 2.24. The largest absolute Gasteiger partial charge is 0.497 e. The van der Waals surface area contributed by atoms with Crippen LogP contribution in [0.1, 0.15) is 12.0 Å². The highest BCUT2D eigenvalue weighted by molar-refractivity contribution is 5.76. The number of halogens is 1. The predicted molar refractivity (Wildman–Crippen MR) is 92.8 cm³/mol. The van der Waals surface area contributed by atoms with Gasteiger partial charge < -0.3 is 19.5 Å². The number of carbonyl (C=O) groups excluding carboxylic acids is 1. The number of aryl methyl sites for hydroxylation is 1. The smallest absolute Gasteiger partial charge is 0.220 e. The predicted octanol–water partition coefficient (Wildman–Crippen LogP) is 2.97. The summed E-state index contributed by atoms with van der Waals surface area (Å²) in [6.45, 7) is 0.775. The van der Waals surface area contributed by atoms with E-state index in [9.17, 15) is 9.18 Å². The molecule has 0 atom stereocenters. The second kappa shape index (κ2) is 9.52. The van der Waals surface area contributed by atoms with Crippen LogP contribution in [-0.2, 0) is 11.2 Å². The SMILES string of the molecule is COc1ccc(OCCNC(=O)CCc2ccc(OC)c(F)c2)cc1. The normalized spacial score (nSPS) is 10.2. The van der Waals surface area contributed by atoms with Crippen LogP contribution in [0.2, 0.25) is 0 Å². The van der Waals surface area contributed by atoms with Gasteiger partial charge in [-0.1, -0.05) is 6.07 Å². The summed E-state index contributed by atoms with van der Waals surface area (Å²) in [5.74, 6) is 1.14. The van der Waals surface area contributed by atoms with Crippen molar-refractivity contribution >= 4 is 5.91 Å². The quantitative estimate of drug-likeness (QED) is 0.709. The van der Waals surface area contributed by atoms with E-state index in [1.807, 2.05) is 12.1 Å². The molecule has 0 aliphatic carbocycles. The first kappa shape index (κ1) is 18.6. The molecule has 0 bridgehead atoms. The number of nitrogens with one attached hydrogen (secondary N) is 1. The molecule has 0 spiro atoms. The van der Waals surface area contributed by atoms with Gasteiger partial charge in [0.15, 0.2) is 11.6 Å². The lowest BCUT2D eigenvalue weighted by Gasteiger charge is -2.09. The Morgan fingerprint density at radius 2 is 1.76 bits per heavy atom. The monoisotopic (exact) mass is 347 g/mol. The first-order valence-corrected chi connectivity index (χ1v) is 7.98. The molecule has 2 aromatic rings. The fourth-order valence-corrected chi connectivity index (χ4v) is 2.24. The number of hydrogen-bond acceptors (Lipinski definition) is 4. The number of methoxy groups -OCH3 is 2. The van der Waals surface area contributed by atoms with Crippen LogP contribution in [0.3, 0.4) is 0 Å². The second-order valence-electron chi connectivity index (χ2n) is 5.34. The van der Waals surface area contributed by atoms with E-state index in [1.54, 1.807) is 31.4 Å². The molecule has 5 nitrogen and oxygen atoms in total. The fraction of sp³-hybridized carbons (Fsp3) is 0.316. The molecular weight excluding hydrogens is 325 g/mol. The molecule has 0 saturated carbocycles. The molecule has 0 aliphatic heterocycles. The highest BCUT2D eigenvalue weighted by Gasteiger charge is 2.06. The van der Waals surface area contributed by atoms with Crippen LogP contribution in [0.4, 0.5) is 4.39 Å². The van der Waals surface area contributed by atoms with Crippen molar-refractivity contribution in [3.8, 4) is 17.2 Å². The van der Waals surface area contributed by atoms with Crippen LogP contribution in [0.5, 0.6) is 17.2 Å². The lowest BCUT2D eigenvalue weighted by molar-refractivity contribution is -0.121. The van der Waals surface area contributed by atoms with Gasteiger partial charge in [0.1, 0.15) is 18.1 Å². The summed E-state index contributed by atoms with van der Waals surface area (Å²) in [4.78, 5) is 11.8. The van der Waals surface area contributed by atoms with E-state index in [0.29, 0.717) is 25.3 Å². The van der Waals surface area contributed by atoms with Crippen LogP contribution >= 0.6 is 0 Å². The summed E-state index contributed by atoms with van der Waals surface area (Å²) in [5, 5.41) is 2.78. The molecule has 0 radical (unpaired) electrons. The van der Waals surface area contributed by atoms with Crippen LogP contribution in [0.25, 0.3) is 0 Å². The van der Waals surface area contributed by atoms with Gasteiger partial charge in [0.25, 0.3) is 0 Å². The molecular formula is C19H22FNO4. The van der Waals surface area contributed by atoms with Gasteiger partial charge in [-0.2, -0.15) is 0 Å². The average molecular weight is 347 g/mol. The van der Waals surface area contributed by atoms with E-state index < -0.39 is 5.82 Å². The van der Waals surface area contributed by atoms with E-state index in [1.165, 1.54) is 13.2 Å². The van der Waals surface area contributed by atoms with Crippen molar-refractivity contribution in [1.82, 2.24) is 5.32 Å². The minimum Gasteiger partial charge on any atom is -0.497 e. The minimum absolute atomic E-state index is 0.102. The lowest BCUT2D eigenvalue weighted by Crippen LogP contribution is -2.28. The first-order chi connectivity index (χ1) is 12.1. The number of ether oxygens (including phenoxy) is 3. The minimum atomic E-state index is -0.423. The molecule has 6 heteroatoms. The van der Waals surface area contributed by atoms with E-state index in [2.05, 4.69) is 5.32 Å². The van der Waals surface area contributed by atoms with Gasteiger partial charge in [-0.25, -0.2) is 4.39 Å². The topological polar surface area (TPSA) is 56.8 Å². The van der Waals surface area contributed by atoms with Crippen molar-refractivity contribution in [3.63, 3.8) is 0 Å². The second-order valence-corrected chi connectivity index (χ2v) is 5.34. The average Bonchev–Trinajstić information content (AvgIpc) is 2.64. The van der Waals surface area contributed by atoms with Gasteiger partial charge in [-0.15, -0.1) is 0 Å². The van der Waals surface area contributed by atoms with E-state index in [4.69, 9.17) is 14.2 Å². The molecule has 0 heterocycles. The van der Waals surface area contributed by atoms with Gasteiger partial charge in [-0.05, 0) is 48.4 Å². The Kier molecular flexibility index (Phi) is 7.07. The van der Waals surface area contributed by atoms with Crippen molar-refractivity contribution in [3.05, 3.63) is 53.8 Å². The molecule has 134 valence electrons. The third-order valence-electron chi connectivity index (χ3n) is 3.61. The van der Waals surface area contributed by atoms with Gasteiger partial charge in [0, 0.05) is 6.42 Å². The number of hydrogen-bond donors (Lipinski definition) is 1. The molecule has 0 aliphatic rings. The van der Waals surface area contributed by atoms with E-state index >= 15 is 0 Å². The molecule has 1 N–H and O–H groups in total. The summed E-state index contributed by atoms with van der Waals surface area (Å²) >= 11 is 0. The molecule has 0 aromatic heterocycles. The number of amides is 1. The molecule has 0 saturated heterocycles. The highest BCUT2D eigenvalue weighted by atomic mass is 19.1. The summed E-state index contributed by atoms with van der Waals surface area (Å²) in [5.41, 5.74) is 0.753. The number of rotatable bonds is 9. The van der Waals surface area contributed by atoms with Gasteiger partial charge in [0.2, 0.25) is 5.91 Å². The van der Waals surface area contributed by atoms with E-state index in [-0.39, 0.29) is 18.1 Å². The maximum atomic E-state index is 13.6. The third-order valence-corrected chi connectivity index (χ3v) is 3.61. The number of benzene rings is 2. The maximum Gasteiger partial charge on any atom is 0.220 e. The molecule has 2 aromatic carbocycles. The van der Waals surface area contributed by atoms with E-state index in [0.717, 1.165) is 11.3 Å². The Bertz CT molecular complexity index is 688. The van der Waals surface area contributed by atoms with Crippen molar-refractivity contribution in [2.75, 3.05) is 27.4 Å². The third kappa shape index (κ3) is 5.99. The van der Waals surface area contributed by atoms with Gasteiger partial charge in [0.05, 0.1) is 20.8 Å². The zero-order chi connectivity index (χ0) is 18.1. The first-order valence-electron chi connectivity index (χ1n) is 7.98. The summed E-state index contributed by atoms with van der Waals surface area (Å²) in [7, 11) is 3.02. The van der Waals surface area contributed by atoms with Crippen LogP contribution in [-0.4, -0.2) is 33.3 Å². The Balaban J connectivity index is 1.66. The molecule has 25 heavy (non-hydrogen) atoms.